The topological polar surface area (TPSA) is 96.4 Å². The third kappa shape index (κ3) is 5.36. The number of nitrogens with one attached hydrogen (secondary N) is 1. The molecule has 33 heavy (non-hydrogen) atoms. The number of amides is 1. The van der Waals surface area contributed by atoms with E-state index in [1.54, 1.807) is 42.5 Å². The number of carbonyl (C=O) groups is 3. The van der Waals surface area contributed by atoms with Crippen LogP contribution in [0.5, 0.6) is 0 Å². The van der Waals surface area contributed by atoms with Crippen molar-refractivity contribution in [3.05, 3.63) is 87.4 Å². The average molecular weight is 517 g/mol. The summed E-state index contributed by atoms with van der Waals surface area (Å²) in [5.41, 5.74) is 1.64. The summed E-state index contributed by atoms with van der Waals surface area (Å²) in [7, 11) is 0. The number of aromatic carboxylic acids is 1. The number of rotatable bonds is 7. The number of ketones is 1. The first-order valence-electron chi connectivity index (χ1n) is 9.47. The number of carboxylic acids is 1. The number of anilines is 1. The van der Waals surface area contributed by atoms with Crippen LogP contribution in [0.2, 0.25) is 10.0 Å². The molecule has 1 amide bonds. The molecule has 2 N–H and O–H groups in total. The van der Waals surface area contributed by atoms with Gasteiger partial charge in [0.15, 0.2) is 10.1 Å². The van der Waals surface area contributed by atoms with Crippen molar-refractivity contribution < 1.29 is 19.5 Å². The van der Waals surface area contributed by atoms with Crippen LogP contribution in [-0.2, 0) is 0 Å². The summed E-state index contributed by atoms with van der Waals surface area (Å²) in [6, 6.07) is 16.0. The number of carbonyl (C=O) groups excluding carboxylic acids is 2. The van der Waals surface area contributed by atoms with Gasteiger partial charge in [-0.2, -0.15) is 0 Å². The minimum atomic E-state index is -1.17. The molecule has 1 aromatic heterocycles. The summed E-state index contributed by atoms with van der Waals surface area (Å²) in [6.07, 6.45) is 0. The van der Waals surface area contributed by atoms with Gasteiger partial charge in [0.25, 0.3) is 5.91 Å². The van der Waals surface area contributed by atoms with E-state index >= 15 is 0 Å². The van der Waals surface area contributed by atoms with Gasteiger partial charge < -0.3 is 10.4 Å². The Hall–Kier alpha value is -2.91. The van der Waals surface area contributed by atoms with E-state index in [1.165, 1.54) is 41.3 Å². The molecule has 6 nitrogen and oxygen atoms in total. The van der Waals surface area contributed by atoms with Crippen molar-refractivity contribution in [2.45, 2.75) is 4.34 Å². The Morgan fingerprint density at radius 1 is 0.970 bits per heavy atom. The molecule has 0 atom stereocenters. The number of nitrogens with zero attached hydrogens (tertiary/aromatic N) is 1. The number of hydrogen-bond acceptors (Lipinski definition) is 6. The fraction of sp³-hybridized carbons (Fsp3) is 0.0435. The predicted molar refractivity (Wildman–Crippen MR) is 132 cm³/mol. The second kappa shape index (κ2) is 9.93. The Balaban J connectivity index is 1.47. The standard InChI is InChI=1S/C23H14Cl2N2O4S2/c24-12-5-7-16(17(25)9-12)19(28)11-32-23-27-18-8-6-13(10-20(18)33-23)26-21(29)14-3-1-2-4-15(14)22(30)31/h1-10H,11H2,(H,26,29)(H,30,31). The van der Waals surface area contributed by atoms with E-state index in [0.717, 1.165) is 10.2 Å². The molecule has 0 aliphatic heterocycles. The zero-order valence-electron chi connectivity index (χ0n) is 16.7. The second-order valence-corrected chi connectivity index (χ2v) is 9.90. The third-order valence-corrected chi connectivity index (χ3v) is 7.30. The van der Waals surface area contributed by atoms with E-state index < -0.39 is 11.9 Å². The molecular formula is C23H14Cl2N2O4S2. The number of benzene rings is 3. The zero-order chi connectivity index (χ0) is 23.5. The molecular weight excluding hydrogens is 503 g/mol. The van der Waals surface area contributed by atoms with E-state index in [2.05, 4.69) is 10.3 Å². The Morgan fingerprint density at radius 3 is 2.45 bits per heavy atom. The summed E-state index contributed by atoms with van der Waals surface area (Å²) >= 11 is 14.7. The molecule has 0 aliphatic carbocycles. The van der Waals surface area contributed by atoms with Crippen LogP contribution < -0.4 is 5.32 Å². The molecule has 0 bridgehead atoms. The van der Waals surface area contributed by atoms with E-state index in [-0.39, 0.29) is 22.7 Å². The van der Waals surface area contributed by atoms with Gasteiger partial charge >= 0.3 is 5.97 Å². The van der Waals surface area contributed by atoms with E-state index in [0.29, 0.717) is 25.6 Å². The molecule has 0 saturated carbocycles. The number of aromatic nitrogens is 1. The Kier molecular flexibility index (Phi) is 6.99. The van der Waals surface area contributed by atoms with Gasteiger partial charge in [0.05, 0.1) is 32.1 Å². The lowest BCUT2D eigenvalue weighted by Crippen LogP contribution is -2.16. The number of Topliss-reactive ketones (excluding diaryl/α,β-unsaturated/α-hetero) is 1. The molecule has 3 aromatic carbocycles. The van der Waals surface area contributed by atoms with Crippen molar-refractivity contribution in [2.75, 3.05) is 11.1 Å². The Labute approximate surface area is 206 Å². The van der Waals surface area contributed by atoms with Crippen molar-refractivity contribution in [3.63, 3.8) is 0 Å². The lowest BCUT2D eigenvalue weighted by molar-refractivity contribution is 0.0692. The van der Waals surface area contributed by atoms with Crippen LogP contribution in [0.4, 0.5) is 5.69 Å². The number of carboxylic acid groups (broad SMARTS) is 1. The zero-order valence-corrected chi connectivity index (χ0v) is 19.8. The molecule has 4 aromatic rings. The Bertz CT molecular complexity index is 1400. The molecule has 0 saturated heterocycles. The van der Waals surface area contributed by atoms with E-state index in [4.69, 9.17) is 23.2 Å². The minimum absolute atomic E-state index is 0.0713. The quantitative estimate of drug-likeness (QED) is 0.214. The van der Waals surface area contributed by atoms with Crippen molar-refractivity contribution in [3.8, 4) is 0 Å². The summed E-state index contributed by atoms with van der Waals surface area (Å²) in [5.74, 6) is -1.66. The Morgan fingerprint density at radius 2 is 1.73 bits per heavy atom. The fourth-order valence-electron chi connectivity index (χ4n) is 3.03. The first-order valence-corrected chi connectivity index (χ1v) is 12.0. The summed E-state index contributed by atoms with van der Waals surface area (Å²) < 4.78 is 1.52. The van der Waals surface area contributed by atoms with Crippen LogP contribution in [0.3, 0.4) is 0 Å². The number of thioether (sulfide) groups is 1. The lowest BCUT2D eigenvalue weighted by atomic mass is 10.1. The average Bonchev–Trinajstić information content (AvgIpc) is 3.19. The normalized spacial score (nSPS) is 10.8. The number of hydrogen-bond donors (Lipinski definition) is 2. The monoisotopic (exact) mass is 516 g/mol. The summed E-state index contributed by atoms with van der Waals surface area (Å²) in [4.78, 5) is 41.0. The van der Waals surface area contributed by atoms with Crippen molar-refractivity contribution in [2.24, 2.45) is 0 Å². The van der Waals surface area contributed by atoms with Crippen molar-refractivity contribution >= 4 is 79.9 Å². The van der Waals surface area contributed by atoms with Gasteiger partial charge in [-0.25, -0.2) is 9.78 Å². The summed E-state index contributed by atoms with van der Waals surface area (Å²) in [5, 5.41) is 12.8. The number of halogens is 2. The van der Waals surface area contributed by atoms with E-state index in [1.807, 2.05) is 0 Å². The highest BCUT2D eigenvalue weighted by Crippen LogP contribution is 2.32. The van der Waals surface area contributed by atoms with Crippen molar-refractivity contribution in [1.82, 2.24) is 4.98 Å². The van der Waals surface area contributed by atoms with Gasteiger partial charge in [0.2, 0.25) is 0 Å². The van der Waals surface area contributed by atoms with Gasteiger partial charge in [-0.1, -0.05) is 47.1 Å². The highest BCUT2D eigenvalue weighted by Gasteiger charge is 2.17. The van der Waals surface area contributed by atoms with E-state index in [9.17, 15) is 19.5 Å². The molecule has 10 heteroatoms. The number of thiazole rings is 1. The lowest BCUT2D eigenvalue weighted by Gasteiger charge is -2.07. The maximum Gasteiger partial charge on any atom is 0.336 e. The SMILES string of the molecule is O=C(CSc1nc2ccc(NC(=O)c3ccccc3C(=O)O)cc2s1)c1ccc(Cl)cc1Cl. The first-order chi connectivity index (χ1) is 15.8. The molecule has 4 rings (SSSR count). The summed E-state index contributed by atoms with van der Waals surface area (Å²) in [6.45, 7) is 0. The molecule has 0 radical (unpaired) electrons. The molecule has 0 unspecified atom stereocenters. The van der Waals surface area contributed by atoms with Crippen LogP contribution in [0, 0.1) is 0 Å². The van der Waals surface area contributed by atoms with Crippen LogP contribution >= 0.6 is 46.3 Å². The van der Waals surface area contributed by atoms with Gasteiger partial charge in [-0.15, -0.1) is 11.3 Å². The van der Waals surface area contributed by atoms with Crippen molar-refractivity contribution in [1.29, 1.82) is 0 Å². The number of fused-ring (bicyclic) bond motifs is 1. The molecule has 0 aliphatic rings. The maximum atomic E-state index is 12.6. The largest absolute Gasteiger partial charge is 0.478 e. The minimum Gasteiger partial charge on any atom is -0.478 e. The van der Waals surface area contributed by atoms with Gasteiger partial charge in [0, 0.05) is 16.3 Å². The van der Waals surface area contributed by atoms with Crippen LogP contribution in [0.25, 0.3) is 10.2 Å². The molecule has 166 valence electrons. The maximum absolute atomic E-state index is 12.6. The van der Waals surface area contributed by atoms with Gasteiger partial charge in [0.1, 0.15) is 0 Å². The predicted octanol–water partition coefficient (Wildman–Crippen LogP) is 6.53. The molecule has 0 fully saturated rings. The van der Waals surface area contributed by atoms with Crippen LogP contribution in [-0.4, -0.2) is 33.5 Å². The highest BCUT2D eigenvalue weighted by molar-refractivity contribution is 8.01. The van der Waals surface area contributed by atoms with Crippen LogP contribution in [0.1, 0.15) is 31.1 Å². The second-order valence-electron chi connectivity index (χ2n) is 6.80. The third-order valence-electron chi connectivity index (χ3n) is 4.59. The van der Waals surface area contributed by atoms with Crippen LogP contribution in [0.15, 0.2) is 65.0 Å². The fourth-order valence-corrected chi connectivity index (χ4v) is 5.53. The van der Waals surface area contributed by atoms with Gasteiger partial charge in [-0.3, -0.25) is 9.59 Å². The van der Waals surface area contributed by atoms with Gasteiger partial charge in [-0.05, 0) is 48.5 Å². The molecule has 1 heterocycles. The molecule has 0 spiro atoms. The first kappa shape index (κ1) is 23.3. The highest BCUT2D eigenvalue weighted by atomic mass is 35.5. The smallest absolute Gasteiger partial charge is 0.336 e.